The molecule has 17 heavy (non-hydrogen) atoms. The number of nitrogens with zero attached hydrogens (tertiary/aromatic N) is 1. The summed E-state index contributed by atoms with van der Waals surface area (Å²) in [6.07, 6.45) is 3.35. The number of ether oxygens (including phenoxy) is 2. The Bertz CT molecular complexity index is 223. The van der Waals surface area contributed by atoms with E-state index in [1.54, 1.807) is 7.11 Å². The summed E-state index contributed by atoms with van der Waals surface area (Å²) < 4.78 is 11.1. The fourth-order valence-electron chi connectivity index (χ4n) is 2.59. The molecule has 0 aromatic heterocycles. The first-order chi connectivity index (χ1) is 8.19. The minimum atomic E-state index is 0.332. The first kappa shape index (κ1) is 13.3. The molecule has 0 spiro atoms. The summed E-state index contributed by atoms with van der Waals surface area (Å²) in [5.74, 6) is 0. The van der Waals surface area contributed by atoms with Crippen LogP contribution in [-0.2, 0) is 9.47 Å². The Morgan fingerprint density at radius 1 is 1.29 bits per heavy atom. The molecule has 0 amide bonds. The second kappa shape index (κ2) is 6.14. The molecule has 0 aromatic rings. The number of hydrogen-bond donors (Lipinski definition) is 1. The maximum absolute atomic E-state index is 5.78. The summed E-state index contributed by atoms with van der Waals surface area (Å²) in [7, 11) is 1.79. The Morgan fingerprint density at radius 2 is 1.94 bits per heavy atom. The quantitative estimate of drug-likeness (QED) is 0.749. The fraction of sp³-hybridized carbons (Fsp3) is 1.00. The molecule has 1 aliphatic heterocycles. The van der Waals surface area contributed by atoms with E-state index in [0.29, 0.717) is 18.2 Å². The van der Waals surface area contributed by atoms with Gasteiger partial charge in [0.15, 0.2) is 0 Å². The monoisotopic (exact) mass is 242 g/mol. The molecule has 1 heterocycles. The molecule has 0 aromatic carbocycles. The van der Waals surface area contributed by atoms with Crippen LogP contribution in [0.5, 0.6) is 0 Å². The number of nitrogens with one attached hydrogen (secondary N) is 1. The van der Waals surface area contributed by atoms with Crippen LogP contribution in [0.2, 0.25) is 0 Å². The minimum Gasteiger partial charge on any atom is -0.383 e. The first-order valence-corrected chi connectivity index (χ1v) is 6.81. The summed E-state index contributed by atoms with van der Waals surface area (Å²) in [5, 5.41) is 3.61. The van der Waals surface area contributed by atoms with Gasteiger partial charge in [-0.05, 0) is 26.7 Å². The van der Waals surface area contributed by atoms with Crippen molar-refractivity contribution >= 4 is 0 Å². The molecule has 1 aliphatic carbocycles. The van der Waals surface area contributed by atoms with Crippen LogP contribution in [0.3, 0.4) is 0 Å². The lowest BCUT2D eigenvalue weighted by molar-refractivity contribution is -0.0870. The molecule has 4 heteroatoms. The Balaban J connectivity index is 1.83. The van der Waals surface area contributed by atoms with E-state index in [-0.39, 0.29) is 0 Å². The second-order valence-electron chi connectivity index (χ2n) is 5.50. The van der Waals surface area contributed by atoms with Crippen molar-refractivity contribution in [3.8, 4) is 0 Å². The summed E-state index contributed by atoms with van der Waals surface area (Å²) in [6.45, 7) is 8.19. The maximum Gasteiger partial charge on any atom is 0.0678 e. The van der Waals surface area contributed by atoms with Gasteiger partial charge in [-0.3, -0.25) is 4.90 Å². The van der Waals surface area contributed by atoms with Crippen molar-refractivity contribution in [2.75, 3.05) is 33.4 Å². The fourth-order valence-corrected chi connectivity index (χ4v) is 2.59. The normalized spacial score (nSPS) is 32.6. The van der Waals surface area contributed by atoms with Gasteiger partial charge in [0, 0.05) is 38.8 Å². The largest absolute Gasteiger partial charge is 0.383 e. The van der Waals surface area contributed by atoms with E-state index >= 15 is 0 Å². The molecule has 1 saturated heterocycles. The van der Waals surface area contributed by atoms with Crippen molar-refractivity contribution in [1.29, 1.82) is 0 Å². The van der Waals surface area contributed by atoms with Gasteiger partial charge < -0.3 is 14.8 Å². The van der Waals surface area contributed by atoms with E-state index in [0.717, 1.165) is 32.3 Å². The van der Waals surface area contributed by atoms with E-state index in [9.17, 15) is 0 Å². The zero-order valence-corrected chi connectivity index (χ0v) is 11.3. The van der Waals surface area contributed by atoms with Gasteiger partial charge in [0.25, 0.3) is 0 Å². The standard InChI is InChI=1S/C13H26N2O2/c1-10-7-15(8-11(2)17-10)13(9-16-3)6-14-12-4-5-12/h10-14H,4-9H2,1-3H3/t10-,11+,13?. The van der Waals surface area contributed by atoms with Crippen LogP contribution in [0.1, 0.15) is 26.7 Å². The second-order valence-corrected chi connectivity index (χ2v) is 5.50. The molecule has 2 aliphatic rings. The highest BCUT2D eigenvalue weighted by Gasteiger charge is 2.29. The SMILES string of the molecule is COCC(CNC1CC1)N1C[C@@H](C)O[C@@H](C)C1. The van der Waals surface area contributed by atoms with E-state index in [1.165, 1.54) is 12.8 Å². The average molecular weight is 242 g/mol. The maximum atomic E-state index is 5.78. The van der Waals surface area contributed by atoms with Crippen LogP contribution in [0.15, 0.2) is 0 Å². The zero-order chi connectivity index (χ0) is 12.3. The van der Waals surface area contributed by atoms with Crippen molar-refractivity contribution in [2.24, 2.45) is 0 Å². The van der Waals surface area contributed by atoms with Crippen LogP contribution in [-0.4, -0.2) is 62.5 Å². The summed E-state index contributed by atoms with van der Waals surface area (Å²) >= 11 is 0. The van der Waals surface area contributed by atoms with Crippen LogP contribution < -0.4 is 5.32 Å². The lowest BCUT2D eigenvalue weighted by Crippen LogP contribution is -2.54. The van der Waals surface area contributed by atoms with Gasteiger partial charge in [0.2, 0.25) is 0 Å². The molecule has 2 rings (SSSR count). The third kappa shape index (κ3) is 4.21. The van der Waals surface area contributed by atoms with Crippen LogP contribution in [0.25, 0.3) is 0 Å². The van der Waals surface area contributed by atoms with Gasteiger partial charge in [-0.25, -0.2) is 0 Å². The zero-order valence-electron chi connectivity index (χ0n) is 11.3. The Kier molecular flexibility index (Phi) is 4.79. The van der Waals surface area contributed by atoms with E-state index in [4.69, 9.17) is 9.47 Å². The third-order valence-corrected chi connectivity index (χ3v) is 3.54. The minimum absolute atomic E-state index is 0.332. The van der Waals surface area contributed by atoms with Crippen molar-refractivity contribution in [3.05, 3.63) is 0 Å². The van der Waals surface area contributed by atoms with Gasteiger partial charge in [-0.1, -0.05) is 0 Å². The predicted octanol–water partition coefficient (Wildman–Crippen LogP) is 0.863. The highest BCUT2D eigenvalue weighted by Crippen LogP contribution is 2.19. The lowest BCUT2D eigenvalue weighted by Gasteiger charge is -2.40. The van der Waals surface area contributed by atoms with Gasteiger partial charge in [0.1, 0.15) is 0 Å². The van der Waals surface area contributed by atoms with Crippen LogP contribution in [0.4, 0.5) is 0 Å². The Labute approximate surface area is 105 Å². The molecule has 1 saturated carbocycles. The highest BCUT2D eigenvalue weighted by molar-refractivity contribution is 4.86. The van der Waals surface area contributed by atoms with E-state index in [1.807, 2.05) is 0 Å². The highest BCUT2D eigenvalue weighted by atomic mass is 16.5. The molecular formula is C13H26N2O2. The van der Waals surface area contributed by atoms with Crippen LogP contribution >= 0.6 is 0 Å². The van der Waals surface area contributed by atoms with Crippen molar-refractivity contribution in [2.45, 2.75) is 51.0 Å². The van der Waals surface area contributed by atoms with Gasteiger partial charge in [0.05, 0.1) is 18.8 Å². The Hall–Kier alpha value is -0.160. The molecule has 2 fully saturated rings. The van der Waals surface area contributed by atoms with Gasteiger partial charge in [-0.15, -0.1) is 0 Å². The van der Waals surface area contributed by atoms with E-state index in [2.05, 4.69) is 24.1 Å². The molecule has 0 radical (unpaired) electrons. The molecular weight excluding hydrogens is 216 g/mol. The summed E-state index contributed by atoms with van der Waals surface area (Å²) in [5.41, 5.74) is 0. The lowest BCUT2D eigenvalue weighted by atomic mass is 10.1. The summed E-state index contributed by atoms with van der Waals surface area (Å²) in [6, 6.07) is 1.25. The summed E-state index contributed by atoms with van der Waals surface area (Å²) in [4.78, 5) is 2.51. The van der Waals surface area contributed by atoms with Crippen molar-refractivity contribution < 1.29 is 9.47 Å². The Morgan fingerprint density at radius 3 is 2.47 bits per heavy atom. The third-order valence-electron chi connectivity index (χ3n) is 3.54. The number of methoxy groups -OCH3 is 1. The average Bonchev–Trinajstić information content (AvgIpc) is 3.06. The number of rotatable bonds is 6. The molecule has 1 unspecified atom stereocenters. The van der Waals surface area contributed by atoms with Gasteiger partial charge in [-0.2, -0.15) is 0 Å². The topological polar surface area (TPSA) is 33.7 Å². The molecule has 100 valence electrons. The number of hydrogen-bond acceptors (Lipinski definition) is 4. The van der Waals surface area contributed by atoms with E-state index < -0.39 is 0 Å². The molecule has 4 nitrogen and oxygen atoms in total. The van der Waals surface area contributed by atoms with Crippen molar-refractivity contribution in [3.63, 3.8) is 0 Å². The molecule has 1 N–H and O–H groups in total. The predicted molar refractivity (Wildman–Crippen MR) is 68.3 cm³/mol. The smallest absolute Gasteiger partial charge is 0.0678 e. The first-order valence-electron chi connectivity index (χ1n) is 6.81. The van der Waals surface area contributed by atoms with Crippen LogP contribution in [0, 0.1) is 0 Å². The van der Waals surface area contributed by atoms with Gasteiger partial charge >= 0.3 is 0 Å². The number of morpholine rings is 1. The molecule has 3 atom stereocenters. The molecule has 0 bridgehead atoms. The van der Waals surface area contributed by atoms with Crippen molar-refractivity contribution in [1.82, 2.24) is 10.2 Å².